The minimum atomic E-state index is -2.23. The molecule has 0 aromatic rings. The van der Waals surface area contributed by atoms with Crippen LogP contribution in [-0.4, -0.2) is 13.0 Å². The second-order valence-electron chi connectivity index (χ2n) is 6.95. The van der Waals surface area contributed by atoms with Gasteiger partial charge in [0.1, 0.15) is 0 Å². The number of halogens is 2. The lowest BCUT2D eigenvalue weighted by Crippen LogP contribution is -2.47. The standard InChI is InChI=1S/C14H23F2N/c15-13(16)12(8-17)7-14-4-9-1-10(5-14)3-11(2-9)6-14/h9-13H,1-8,17H2. The lowest BCUT2D eigenvalue weighted by molar-refractivity contribution is -0.0778. The summed E-state index contributed by atoms with van der Waals surface area (Å²) in [5, 5.41) is 0. The van der Waals surface area contributed by atoms with Gasteiger partial charge >= 0.3 is 0 Å². The molecule has 4 bridgehead atoms. The highest BCUT2D eigenvalue weighted by Gasteiger charge is 2.51. The van der Waals surface area contributed by atoms with Crippen molar-refractivity contribution in [2.75, 3.05) is 6.54 Å². The van der Waals surface area contributed by atoms with Crippen LogP contribution in [0.1, 0.15) is 44.9 Å². The van der Waals surface area contributed by atoms with Crippen LogP contribution in [-0.2, 0) is 0 Å². The monoisotopic (exact) mass is 243 g/mol. The van der Waals surface area contributed by atoms with E-state index >= 15 is 0 Å². The van der Waals surface area contributed by atoms with Gasteiger partial charge in [-0.25, -0.2) is 8.78 Å². The lowest BCUT2D eigenvalue weighted by atomic mass is 9.48. The van der Waals surface area contributed by atoms with E-state index in [1.165, 1.54) is 38.5 Å². The molecule has 98 valence electrons. The van der Waals surface area contributed by atoms with E-state index in [0.29, 0.717) is 6.42 Å². The molecule has 0 aliphatic heterocycles. The van der Waals surface area contributed by atoms with E-state index in [4.69, 9.17) is 5.73 Å². The Morgan fingerprint density at radius 3 is 1.82 bits per heavy atom. The van der Waals surface area contributed by atoms with E-state index in [2.05, 4.69) is 0 Å². The molecule has 3 heteroatoms. The summed E-state index contributed by atoms with van der Waals surface area (Å²) in [6, 6.07) is 0. The molecule has 1 unspecified atom stereocenters. The Kier molecular flexibility index (Phi) is 2.92. The summed E-state index contributed by atoms with van der Waals surface area (Å²) in [6.45, 7) is 0.152. The first-order valence-corrected chi connectivity index (χ1v) is 7.08. The molecule has 4 fully saturated rings. The Hall–Kier alpha value is -0.180. The maximum absolute atomic E-state index is 12.9. The second kappa shape index (κ2) is 4.18. The molecule has 4 aliphatic rings. The molecular weight excluding hydrogens is 220 g/mol. The summed E-state index contributed by atoms with van der Waals surface area (Å²) in [5.41, 5.74) is 5.77. The molecule has 4 rings (SSSR count). The Bertz CT molecular complexity index is 255. The Morgan fingerprint density at radius 2 is 1.47 bits per heavy atom. The van der Waals surface area contributed by atoms with Gasteiger partial charge in [-0.1, -0.05) is 0 Å². The quantitative estimate of drug-likeness (QED) is 0.804. The van der Waals surface area contributed by atoms with Crippen LogP contribution in [0.25, 0.3) is 0 Å². The number of rotatable bonds is 4. The van der Waals surface area contributed by atoms with Crippen molar-refractivity contribution in [3.05, 3.63) is 0 Å². The third-order valence-electron chi connectivity index (χ3n) is 5.52. The summed E-state index contributed by atoms with van der Waals surface area (Å²) >= 11 is 0. The van der Waals surface area contributed by atoms with Crippen LogP contribution < -0.4 is 5.73 Å². The van der Waals surface area contributed by atoms with Crippen LogP contribution in [0.15, 0.2) is 0 Å². The average molecular weight is 243 g/mol. The Balaban J connectivity index is 1.73. The van der Waals surface area contributed by atoms with Crippen LogP contribution >= 0.6 is 0 Å². The Labute approximate surface area is 102 Å². The van der Waals surface area contributed by atoms with Crippen molar-refractivity contribution in [1.29, 1.82) is 0 Å². The molecule has 0 aromatic carbocycles. The molecule has 17 heavy (non-hydrogen) atoms. The molecule has 1 atom stereocenters. The highest BCUT2D eigenvalue weighted by Crippen LogP contribution is 2.62. The maximum Gasteiger partial charge on any atom is 0.242 e. The molecule has 0 spiro atoms. The van der Waals surface area contributed by atoms with Gasteiger partial charge in [0.05, 0.1) is 0 Å². The van der Waals surface area contributed by atoms with Gasteiger partial charge in [-0.2, -0.15) is 0 Å². The fraction of sp³-hybridized carbons (Fsp3) is 1.00. The number of hydrogen-bond donors (Lipinski definition) is 1. The summed E-state index contributed by atoms with van der Waals surface area (Å²) in [7, 11) is 0. The van der Waals surface area contributed by atoms with Gasteiger partial charge in [-0.15, -0.1) is 0 Å². The second-order valence-corrected chi connectivity index (χ2v) is 6.95. The summed E-state index contributed by atoms with van der Waals surface area (Å²) in [5.74, 6) is 1.97. The number of alkyl halides is 2. The first kappa shape index (κ1) is 11.9. The molecule has 2 N–H and O–H groups in total. The largest absolute Gasteiger partial charge is 0.330 e. The van der Waals surface area contributed by atoms with E-state index in [1.807, 2.05) is 0 Å². The van der Waals surface area contributed by atoms with Crippen LogP contribution in [0.2, 0.25) is 0 Å². The molecule has 0 saturated heterocycles. The molecular formula is C14H23F2N. The van der Waals surface area contributed by atoms with Crippen molar-refractivity contribution in [1.82, 2.24) is 0 Å². The van der Waals surface area contributed by atoms with E-state index in [1.54, 1.807) is 0 Å². The first-order chi connectivity index (χ1) is 8.10. The summed E-state index contributed by atoms with van der Waals surface area (Å²) < 4.78 is 25.8. The predicted molar refractivity (Wildman–Crippen MR) is 63.8 cm³/mol. The van der Waals surface area contributed by atoms with Crippen molar-refractivity contribution in [2.24, 2.45) is 34.8 Å². The van der Waals surface area contributed by atoms with Crippen molar-refractivity contribution >= 4 is 0 Å². The summed E-state index contributed by atoms with van der Waals surface area (Å²) in [6.07, 6.45) is 6.22. The molecule has 0 amide bonds. The third-order valence-corrected chi connectivity index (χ3v) is 5.52. The van der Waals surface area contributed by atoms with Gasteiger partial charge in [0, 0.05) is 12.5 Å². The van der Waals surface area contributed by atoms with E-state index in [9.17, 15) is 8.78 Å². The number of hydrogen-bond acceptors (Lipinski definition) is 1. The van der Waals surface area contributed by atoms with Gasteiger partial charge in [0.25, 0.3) is 0 Å². The molecule has 0 radical (unpaired) electrons. The van der Waals surface area contributed by atoms with Crippen LogP contribution in [0.5, 0.6) is 0 Å². The minimum Gasteiger partial charge on any atom is -0.330 e. The molecule has 0 aromatic heterocycles. The fourth-order valence-corrected chi connectivity index (χ4v) is 5.37. The van der Waals surface area contributed by atoms with Gasteiger partial charge in [0.2, 0.25) is 6.43 Å². The van der Waals surface area contributed by atoms with Gasteiger partial charge < -0.3 is 5.73 Å². The highest BCUT2D eigenvalue weighted by atomic mass is 19.3. The van der Waals surface area contributed by atoms with Crippen molar-refractivity contribution in [3.8, 4) is 0 Å². The average Bonchev–Trinajstić information content (AvgIpc) is 2.23. The number of nitrogens with two attached hydrogens (primary N) is 1. The molecule has 0 heterocycles. The lowest BCUT2D eigenvalue weighted by Gasteiger charge is -2.57. The van der Waals surface area contributed by atoms with E-state index < -0.39 is 12.3 Å². The van der Waals surface area contributed by atoms with Crippen molar-refractivity contribution in [2.45, 2.75) is 51.4 Å². The van der Waals surface area contributed by atoms with Crippen molar-refractivity contribution < 1.29 is 8.78 Å². The van der Waals surface area contributed by atoms with Gasteiger partial charge in [0.15, 0.2) is 0 Å². The van der Waals surface area contributed by atoms with Crippen LogP contribution in [0.4, 0.5) is 8.78 Å². The Morgan fingerprint density at radius 1 is 1.00 bits per heavy atom. The first-order valence-electron chi connectivity index (χ1n) is 7.08. The zero-order valence-electron chi connectivity index (χ0n) is 10.4. The fourth-order valence-electron chi connectivity index (χ4n) is 5.37. The van der Waals surface area contributed by atoms with Gasteiger partial charge in [-0.3, -0.25) is 0 Å². The smallest absolute Gasteiger partial charge is 0.242 e. The summed E-state index contributed by atoms with van der Waals surface area (Å²) in [4.78, 5) is 0. The van der Waals surface area contributed by atoms with Crippen LogP contribution in [0.3, 0.4) is 0 Å². The zero-order chi connectivity index (χ0) is 12.0. The minimum absolute atomic E-state index is 0.152. The molecule has 4 saturated carbocycles. The predicted octanol–water partition coefficient (Wildman–Crippen LogP) is 3.43. The normalized spacial score (nSPS) is 45.5. The maximum atomic E-state index is 12.9. The van der Waals surface area contributed by atoms with Crippen molar-refractivity contribution in [3.63, 3.8) is 0 Å². The SMILES string of the molecule is NCC(CC12CC3CC(CC(C3)C1)C2)C(F)F. The topological polar surface area (TPSA) is 26.0 Å². The van der Waals surface area contributed by atoms with E-state index in [-0.39, 0.29) is 12.0 Å². The zero-order valence-corrected chi connectivity index (χ0v) is 10.4. The molecule has 1 nitrogen and oxygen atoms in total. The van der Waals surface area contributed by atoms with E-state index in [0.717, 1.165) is 17.8 Å². The van der Waals surface area contributed by atoms with Crippen LogP contribution in [0, 0.1) is 29.1 Å². The molecule has 4 aliphatic carbocycles. The van der Waals surface area contributed by atoms with Gasteiger partial charge in [-0.05, 0) is 68.1 Å². The highest BCUT2D eigenvalue weighted by molar-refractivity contribution is 5.02. The third kappa shape index (κ3) is 2.11.